The lowest BCUT2D eigenvalue weighted by Crippen LogP contribution is -2.60. The second-order valence-electron chi connectivity index (χ2n) is 6.96. The molecule has 0 aromatic heterocycles. The Bertz CT molecular complexity index is 808. The van der Waals surface area contributed by atoms with Crippen molar-refractivity contribution in [1.82, 2.24) is 4.90 Å². The van der Waals surface area contributed by atoms with Crippen LogP contribution in [0.3, 0.4) is 0 Å². The van der Waals surface area contributed by atoms with Gasteiger partial charge in [0.15, 0.2) is 0 Å². The number of urea groups is 1. The number of ether oxygens (including phenoxy) is 3. The molecule has 0 radical (unpaired) electrons. The Morgan fingerprint density at radius 2 is 1.60 bits per heavy atom. The fourth-order valence-corrected chi connectivity index (χ4v) is 2.53. The number of rotatable bonds is 8. The SMILES string of the molecule is CC(C)COC(=O)OCCOC(=O)CN1C(=O)C(C)C(=O)N(c2ccccc2)C1=O. The van der Waals surface area contributed by atoms with Crippen LogP contribution in [0.5, 0.6) is 0 Å². The minimum Gasteiger partial charge on any atom is -0.461 e. The van der Waals surface area contributed by atoms with Crippen LogP contribution < -0.4 is 4.90 Å². The van der Waals surface area contributed by atoms with E-state index in [0.29, 0.717) is 10.6 Å². The number of anilines is 1. The van der Waals surface area contributed by atoms with Crippen molar-refractivity contribution >= 4 is 35.7 Å². The molecule has 1 aromatic carbocycles. The molecule has 1 aliphatic rings. The molecule has 30 heavy (non-hydrogen) atoms. The highest BCUT2D eigenvalue weighted by Gasteiger charge is 2.45. The van der Waals surface area contributed by atoms with Gasteiger partial charge in [0.05, 0.1) is 12.3 Å². The second-order valence-corrected chi connectivity index (χ2v) is 6.96. The van der Waals surface area contributed by atoms with Crippen molar-refractivity contribution in [2.24, 2.45) is 11.8 Å². The van der Waals surface area contributed by atoms with E-state index in [1.807, 2.05) is 13.8 Å². The number of carbonyl (C=O) groups is 5. The predicted molar refractivity (Wildman–Crippen MR) is 103 cm³/mol. The van der Waals surface area contributed by atoms with Gasteiger partial charge in [0, 0.05) is 0 Å². The molecule has 1 atom stereocenters. The summed E-state index contributed by atoms with van der Waals surface area (Å²) >= 11 is 0. The molecule has 4 amide bonds. The maximum Gasteiger partial charge on any atom is 0.508 e. The fourth-order valence-electron chi connectivity index (χ4n) is 2.53. The first-order valence-corrected chi connectivity index (χ1v) is 9.42. The van der Waals surface area contributed by atoms with Gasteiger partial charge < -0.3 is 14.2 Å². The van der Waals surface area contributed by atoms with Crippen molar-refractivity contribution in [3.8, 4) is 0 Å². The third kappa shape index (κ3) is 5.79. The lowest BCUT2D eigenvalue weighted by atomic mass is 10.1. The number of benzene rings is 1. The van der Waals surface area contributed by atoms with Gasteiger partial charge in [-0.25, -0.2) is 14.5 Å². The predicted octanol–water partition coefficient (Wildman–Crippen LogP) is 1.97. The molecule has 1 fully saturated rings. The Morgan fingerprint density at radius 3 is 2.23 bits per heavy atom. The molecule has 0 saturated carbocycles. The highest BCUT2D eigenvalue weighted by atomic mass is 16.7. The molecule has 10 nitrogen and oxygen atoms in total. The maximum atomic E-state index is 12.7. The standard InChI is InChI=1S/C20H24N2O8/c1-13(2)12-30-20(27)29-10-9-28-16(23)11-21-17(24)14(3)18(25)22(19(21)26)15-7-5-4-6-8-15/h4-8,13-14H,9-12H2,1-3H3. The quantitative estimate of drug-likeness (QED) is 0.356. The van der Waals surface area contributed by atoms with E-state index >= 15 is 0 Å². The average molecular weight is 420 g/mol. The molecule has 1 aliphatic heterocycles. The summed E-state index contributed by atoms with van der Waals surface area (Å²) in [5.41, 5.74) is 0.290. The van der Waals surface area contributed by atoms with E-state index in [1.165, 1.54) is 6.92 Å². The lowest BCUT2D eigenvalue weighted by molar-refractivity contribution is -0.151. The molecule has 1 unspecified atom stereocenters. The van der Waals surface area contributed by atoms with Crippen molar-refractivity contribution in [1.29, 1.82) is 0 Å². The number of esters is 1. The van der Waals surface area contributed by atoms with Gasteiger partial charge in [0.2, 0.25) is 11.8 Å². The number of para-hydroxylation sites is 1. The Hall–Kier alpha value is -3.43. The van der Waals surface area contributed by atoms with Gasteiger partial charge >= 0.3 is 18.2 Å². The first kappa shape index (κ1) is 22.9. The summed E-state index contributed by atoms with van der Waals surface area (Å²) in [5, 5.41) is 0. The van der Waals surface area contributed by atoms with E-state index in [-0.39, 0.29) is 25.7 Å². The number of hydrogen-bond donors (Lipinski definition) is 0. The molecule has 2 rings (SSSR count). The van der Waals surface area contributed by atoms with Crippen LogP contribution in [0.2, 0.25) is 0 Å². The molecule has 10 heteroatoms. The molecule has 162 valence electrons. The van der Waals surface area contributed by atoms with E-state index in [0.717, 1.165) is 4.90 Å². The summed E-state index contributed by atoms with van der Waals surface area (Å²) in [6, 6.07) is 7.16. The monoisotopic (exact) mass is 420 g/mol. The summed E-state index contributed by atoms with van der Waals surface area (Å²) < 4.78 is 14.4. The van der Waals surface area contributed by atoms with Crippen LogP contribution in [-0.2, 0) is 28.6 Å². The molecule has 1 heterocycles. The van der Waals surface area contributed by atoms with Crippen LogP contribution in [0.15, 0.2) is 30.3 Å². The van der Waals surface area contributed by atoms with Crippen LogP contribution in [-0.4, -0.2) is 61.2 Å². The Morgan fingerprint density at radius 1 is 0.967 bits per heavy atom. The first-order chi connectivity index (χ1) is 14.2. The van der Waals surface area contributed by atoms with E-state index in [4.69, 9.17) is 14.2 Å². The number of hydrogen-bond acceptors (Lipinski definition) is 8. The Labute approximate surface area is 173 Å². The lowest BCUT2D eigenvalue weighted by Gasteiger charge is -2.35. The molecule has 1 aromatic rings. The zero-order valence-electron chi connectivity index (χ0n) is 17.0. The zero-order chi connectivity index (χ0) is 22.3. The van der Waals surface area contributed by atoms with Gasteiger partial charge in [-0.2, -0.15) is 0 Å². The van der Waals surface area contributed by atoms with Gasteiger partial charge in [-0.05, 0) is 25.0 Å². The third-order valence-corrected chi connectivity index (χ3v) is 4.05. The zero-order valence-corrected chi connectivity index (χ0v) is 17.0. The summed E-state index contributed by atoms with van der Waals surface area (Å²) in [5.74, 6) is -3.32. The molecular formula is C20H24N2O8. The minimum atomic E-state index is -1.13. The smallest absolute Gasteiger partial charge is 0.461 e. The number of barbiturate groups is 1. The Kier molecular flexibility index (Phi) is 7.90. The van der Waals surface area contributed by atoms with Crippen LogP contribution in [0, 0.1) is 11.8 Å². The molecule has 0 N–H and O–H groups in total. The van der Waals surface area contributed by atoms with Gasteiger partial charge in [0.1, 0.15) is 25.7 Å². The van der Waals surface area contributed by atoms with Crippen LogP contribution in [0.25, 0.3) is 0 Å². The van der Waals surface area contributed by atoms with Crippen molar-refractivity contribution in [3.05, 3.63) is 30.3 Å². The first-order valence-electron chi connectivity index (χ1n) is 9.42. The highest BCUT2D eigenvalue weighted by Crippen LogP contribution is 2.24. The number of imide groups is 2. The van der Waals surface area contributed by atoms with E-state index < -0.39 is 42.4 Å². The summed E-state index contributed by atoms with van der Waals surface area (Å²) in [4.78, 5) is 62.4. The topological polar surface area (TPSA) is 120 Å². The third-order valence-electron chi connectivity index (χ3n) is 4.05. The van der Waals surface area contributed by atoms with Crippen LogP contribution in [0.4, 0.5) is 15.3 Å². The molecule has 0 bridgehead atoms. The normalized spacial score (nSPS) is 16.7. The maximum absolute atomic E-state index is 12.7. The van der Waals surface area contributed by atoms with E-state index in [1.54, 1.807) is 30.3 Å². The summed E-state index contributed by atoms with van der Waals surface area (Å²) in [6.45, 7) is 4.11. The van der Waals surface area contributed by atoms with Gasteiger partial charge in [-0.15, -0.1) is 0 Å². The van der Waals surface area contributed by atoms with Gasteiger partial charge in [0.25, 0.3) is 0 Å². The van der Waals surface area contributed by atoms with Crippen molar-refractivity contribution < 1.29 is 38.2 Å². The molecular weight excluding hydrogens is 396 g/mol. The summed E-state index contributed by atoms with van der Waals surface area (Å²) in [6.07, 6.45) is -0.882. The molecule has 1 saturated heterocycles. The summed E-state index contributed by atoms with van der Waals surface area (Å²) in [7, 11) is 0. The fraction of sp³-hybridized carbons (Fsp3) is 0.450. The minimum absolute atomic E-state index is 0.153. The van der Waals surface area contributed by atoms with E-state index in [2.05, 4.69) is 0 Å². The Balaban J connectivity index is 1.90. The largest absolute Gasteiger partial charge is 0.508 e. The van der Waals surface area contributed by atoms with Crippen LogP contribution >= 0.6 is 0 Å². The van der Waals surface area contributed by atoms with E-state index in [9.17, 15) is 24.0 Å². The van der Waals surface area contributed by atoms with Crippen molar-refractivity contribution in [2.45, 2.75) is 20.8 Å². The van der Waals surface area contributed by atoms with Crippen molar-refractivity contribution in [3.63, 3.8) is 0 Å². The average Bonchev–Trinajstić information content (AvgIpc) is 2.72. The molecule has 0 spiro atoms. The van der Waals surface area contributed by atoms with Gasteiger partial charge in [-0.3, -0.25) is 19.3 Å². The second kappa shape index (κ2) is 10.4. The number of amides is 4. The molecule has 0 aliphatic carbocycles. The van der Waals surface area contributed by atoms with Crippen LogP contribution in [0.1, 0.15) is 20.8 Å². The highest BCUT2D eigenvalue weighted by molar-refractivity contribution is 6.27. The number of carbonyl (C=O) groups excluding carboxylic acids is 5. The van der Waals surface area contributed by atoms with Crippen molar-refractivity contribution in [2.75, 3.05) is 31.3 Å². The van der Waals surface area contributed by atoms with Gasteiger partial charge in [-0.1, -0.05) is 32.0 Å². The number of nitrogens with zero attached hydrogens (tertiary/aromatic N) is 2.